The number of carbonyl (C=O) groups excluding carboxylic acids is 1. The van der Waals surface area contributed by atoms with Gasteiger partial charge in [-0.3, -0.25) is 4.79 Å². The van der Waals surface area contributed by atoms with E-state index in [0.717, 1.165) is 23.1 Å². The molecule has 1 heterocycles. The molecule has 0 bridgehead atoms. The van der Waals surface area contributed by atoms with E-state index in [9.17, 15) is 4.79 Å². The van der Waals surface area contributed by atoms with Gasteiger partial charge in [-0.1, -0.05) is 78.4 Å². The quantitative estimate of drug-likeness (QED) is 0.506. The fourth-order valence-electron chi connectivity index (χ4n) is 3.72. The highest BCUT2D eigenvalue weighted by Gasteiger charge is 2.50. The minimum atomic E-state index is -0.738. The third-order valence-electron chi connectivity index (χ3n) is 5.04. The third kappa shape index (κ3) is 2.64. The van der Waals surface area contributed by atoms with Gasteiger partial charge in [0.2, 0.25) is 0 Å². The van der Waals surface area contributed by atoms with Crippen molar-refractivity contribution in [2.24, 2.45) is 0 Å². The molecular weight excluding hydrogens is 308 g/mol. The highest BCUT2D eigenvalue weighted by atomic mass is 16.5. The lowest BCUT2D eigenvalue weighted by molar-refractivity contribution is -0.137. The summed E-state index contributed by atoms with van der Waals surface area (Å²) in [6, 6.07) is 26.3. The second-order valence-electron chi connectivity index (χ2n) is 6.65. The normalized spacial score (nSPS) is 18.7. The van der Waals surface area contributed by atoms with E-state index in [-0.39, 0.29) is 5.97 Å². The fraction of sp³-hybridized carbons (Fsp3) is 0.174. The number of rotatable bonds is 4. The lowest BCUT2D eigenvalue weighted by Crippen LogP contribution is -2.35. The first-order valence-corrected chi connectivity index (χ1v) is 8.63. The molecule has 0 amide bonds. The van der Waals surface area contributed by atoms with E-state index >= 15 is 0 Å². The van der Waals surface area contributed by atoms with Crippen molar-refractivity contribution in [1.82, 2.24) is 0 Å². The predicted molar refractivity (Wildman–Crippen MR) is 98.8 cm³/mol. The Morgan fingerprint density at radius 3 is 2.28 bits per heavy atom. The molecule has 25 heavy (non-hydrogen) atoms. The molecule has 0 N–H and O–H groups in total. The largest absolute Gasteiger partial charge is 0.425 e. The van der Waals surface area contributed by atoms with Crippen LogP contribution in [0.4, 0.5) is 0 Å². The average Bonchev–Trinajstić information content (AvgIpc) is 2.93. The second kappa shape index (κ2) is 6.21. The van der Waals surface area contributed by atoms with Gasteiger partial charge in [0.15, 0.2) is 0 Å². The van der Waals surface area contributed by atoms with Crippen LogP contribution >= 0.6 is 0 Å². The molecule has 0 unspecified atom stereocenters. The topological polar surface area (TPSA) is 26.3 Å². The number of fused-ring (bicyclic) bond motifs is 1. The van der Waals surface area contributed by atoms with Crippen LogP contribution in [-0.4, -0.2) is 5.97 Å². The maximum atomic E-state index is 13.1. The first kappa shape index (κ1) is 15.6. The Bertz CT molecular complexity index is 900. The summed E-state index contributed by atoms with van der Waals surface area (Å²) in [5.41, 5.74) is 3.61. The number of ether oxygens (including phenoxy) is 1. The van der Waals surface area contributed by atoms with Crippen molar-refractivity contribution in [1.29, 1.82) is 0 Å². The summed E-state index contributed by atoms with van der Waals surface area (Å²) in [5, 5.41) is 0. The molecule has 3 aromatic carbocycles. The zero-order chi connectivity index (χ0) is 17.3. The molecule has 0 radical (unpaired) electrons. The van der Waals surface area contributed by atoms with Crippen LogP contribution in [0.3, 0.4) is 0 Å². The van der Waals surface area contributed by atoms with Crippen LogP contribution in [0.1, 0.15) is 28.7 Å². The van der Waals surface area contributed by atoms with Crippen molar-refractivity contribution in [3.63, 3.8) is 0 Å². The SMILES string of the molecule is Cc1ccc2c(c1)[C@](CCc1ccccc1)(c1ccccc1)C(=O)O2. The van der Waals surface area contributed by atoms with Gasteiger partial charge in [-0.15, -0.1) is 0 Å². The van der Waals surface area contributed by atoms with Crippen LogP contribution in [0.15, 0.2) is 78.9 Å². The number of hydrogen-bond acceptors (Lipinski definition) is 2. The maximum Gasteiger partial charge on any atom is 0.326 e. The summed E-state index contributed by atoms with van der Waals surface area (Å²) < 4.78 is 5.68. The molecule has 2 heteroatoms. The van der Waals surface area contributed by atoms with E-state index < -0.39 is 5.41 Å². The zero-order valence-electron chi connectivity index (χ0n) is 14.2. The van der Waals surface area contributed by atoms with Crippen LogP contribution in [0.25, 0.3) is 0 Å². The van der Waals surface area contributed by atoms with Crippen molar-refractivity contribution in [3.05, 3.63) is 101 Å². The summed E-state index contributed by atoms with van der Waals surface area (Å²) in [7, 11) is 0. The molecule has 1 aliphatic rings. The summed E-state index contributed by atoms with van der Waals surface area (Å²) in [5.74, 6) is 0.516. The lowest BCUT2D eigenvalue weighted by atomic mass is 9.71. The molecule has 0 aliphatic carbocycles. The molecule has 0 saturated heterocycles. The Kier molecular flexibility index (Phi) is 3.89. The Balaban J connectivity index is 1.83. The van der Waals surface area contributed by atoms with E-state index in [2.05, 4.69) is 25.1 Å². The monoisotopic (exact) mass is 328 g/mol. The van der Waals surface area contributed by atoms with E-state index in [0.29, 0.717) is 12.2 Å². The van der Waals surface area contributed by atoms with Gasteiger partial charge in [-0.2, -0.15) is 0 Å². The summed E-state index contributed by atoms with van der Waals surface area (Å²) in [4.78, 5) is 13.1. The maximum absolute atomic E-state index is 13.1. The van der Waals surface area contributed by atoms with Crippen LogP contribution in [0.5, 0.6) is 5.75 Å². The minimum absolute atomic E-state index is 0.171. The summed E-state index contributed by atoms with van der Waals surface area (Å²) in [6.45, 7) is 2.05. The molecule has 0 fully saturated rings. The standard InChI is InChI=1S/C23H20O2/c1-17-12-13-21-20(16-17)23(22(24)25-21,19-10-6-3-7-11-19)15-14-18-8-4-2-5-9-18/h2-13,16H,14-15H2,1H3/t23-/m0/s1. The van der Waals surface area contributed by atoms with Crippen molar-refractivity contribution in [2.75, 3.05) is 0 Å². The number of benzene rings is 3. The van der Waals surface area contributed by atoms with Gasteiger partial charge >= 0.3 is 5.97 Å². The lowest BCUT2D eigenvalue weighted by Gasteiger charge is -2.27. The summed E-state index contributed by atoms with van der Waals surface area (Å²) >= 11 is 0. The molecular formula is C23H20O2. The smallest absolute Gasteiger partial charge is 0.326 e. The van der Waals surface area contributed by atoms with Gasteiger partial charge in [-0.05, 0) is 37.0 Å². The number of aryl methyl sites for hydroxylation is 2. The molecule has 0 saturated carbocycles. The zero-order valence-corrected chi connectivity index (χ0v) is 14.2. The Morgan fingerprint density at radius 2 is 1.56 bits per heavy atom. The number of hydrogen-bond donors (Lipinski definition) is 0. The van der Waals surface area contributed by atoms with Gasteiger partial charge < -0.3 is 4.74 Å². The van der Waals surface area contributed by atoms with E-state index in [1.54, 1.807) is 0 Å². The van der Waals surface area contributed by atoms with Crippen molar-refractivity contribution in [3.8, 4) is 5.75 Å². The molecule has 4 rings (SSSR count). The first-order chi connectivity index (χ1) is 12.2. The minimum Gasteiger partial charge on any atom is -0.425 e. The number of carbonyl (C=O) groups is 1. The highest BCUT2D eigenvalue weighted by Crippen LogP contribution is 2.47. The van der Waals surface area contributed by atoms with E-state index in [1.807, 2.05) is 60.7 Å². The van der Waals surface area contributed by atoms with Gasteiger partial charge in [0.05, 0.1) is 0 Å². The second-order valence-corrected chi connectivity index (χ2v) is 6.65. The highest BCUT2D eigenvalue weighted by molar-refractivity contribution is 5.94. The molecule has 0 aromatic heterocycles. The number of esters is 1. The van der Waals surface area contributed by atoms with Crippen LogP contribution in [-0.2, 0) is 16.6 Å². The van der Waals surface area contributed by atoms with Gasteiger partial charge in [0.25, 0.3) is 0 Å². The molecule has 1 atom stereocenters. The molecule has 124 valence electrons. The van der Waals surface area contributed by atoms with Crippen molar-refractivity contribution >= 4 is 5.97 Å². The first-order valence-electron chi connectivity index (χ1n) is 8.63. The van der Waals surface area contributed by atoms with Gasteiger partial charge in [0.1, 0.15) is 11.2 Å². The fourth-order valence-corrected chi connectivity index (χ4v) is 3.72. The Hall–Kier alpha value is -2.87. The Morgan fingerprint density at radius 1 is 0.880 bits per heavy atom. The van der Waals surface area contributed by atoms with Crippen molar-refractivity contribution < 1.29 is 9.53 Å². The molecule has 3 aromatic rings. The average molecular weight is 328 g/mol. The van der Waals surface area contributed by atoms with Crippen LogP contribution in [0.2, 0.25) is 0 Å². The molecule has 0 spiro atoms. The molecule has 2 nitrogen and oxygen atoms in total. The predicted octanol–water partition coefficient (Wildman–Crippen LogP) is 4.83. The molecule has 1 aliphatic heterocycles. The summed E-state index contributed by atoms with van der Waals surface area (Å²) in [6.07, 6.45) is 1.51. The van der Waals surface area contributed by atoms with Crippen LogP contribution in [0, 0.1) is 6.92 Å². The van der Waals surface area contributed by atoms with Crippen LogP contribution < -0.4 is 4.74 Å². The third-order valence-corrected chi connectivity index (χ3v) is 5.04. The Labute approximate surface area is 148 Å². The van der Waals surface area contributed by atoms with Gasteiger partial charge in [0, 0.05) is 5.56 Å². The van der Waals surface area contributed by atoms with Crippen molar-refractivity contribution in [2.45, 2.75) is 25.2 Å². The van der Waals surface area contributed by atoms with E-state index in [1.165, 1.54) is 5.56 Å². The van der Waals surface area contributed by atoms with Gasteiger partial charge in [-0.25, -0.2) is 0 Å². The van der Waals surface area contributed by atoms with E-state index in [4.69, 9.17) is 4.74 Å².